The van der Waals surface area contributed by atoms with Gasteiger partial charge in [0.05, 0.1) is 7.11 Å². The van der Waals surface area contributed by atoms with Crippen molar-refractivity contribution in [2.24, 2.45) is 0 Å². The van der Waals surface area contributed by atoms with E-state index in [9.17, 15) is 4.79 Å². The Morgan fingerprint density at radius 3 is 2.88 bits per heavy atom. The summed E-state index contributed by atoms with van der Waals surface area (Å²) in [5.41, 5.74) is 6.55. The van der Waals surface area contributed by atoms with Crippen LogP contribution in [-0.2, 0) is 9.53 Å². The Balaban J connectivity index is 2.25. The third kappa shape index (κ3) is 2.47. The highest BCUT2D eigenvalue weighted by molar-refractivity contribution is 5.93. The van der Waals surface area contributed by atoms with Crippen LogP contribution in [0.2, 0.25) is 0 Å². The predicted molar refractivity (Wildman–Crippen MR) is 65.9 cm³/mol. The number of carbonyl (C=O) groups excluding carboxylic acids is 1. The zero-order valence-electron chi connectivity index (χ0n) is 9.47. The standard InChI is InChI=1S/C13H13NO3/c1-16-13(15)8-17-10-6-5-9-3-2-4-12(14)11(9)7-10/h2-7H,8,14H2,1H3. The van der Waals surface area contributed by atoms with Gasteiger partial charge >= 0.3 is 5.97 Å². The number of hydrogen-bond acceptors (Lipinski definition) is 4. The van der Waals surface area contributed by atoms with Gasteiger partial charge in [-0.05, 0) is 23.6 Å². The first-order chi connectivity index (χ1) is 8.20. The van der Waals surface area contributed by atoms with E-state index in [2.05, 4.69) is 4.74 Å². The number of fused-ring (bicyclic) bond motifs is 1. The summed E-state index contributed by atoms with van der Waals surface area (Å²) in [6.07, 6.45) is 0. The third-order valence-corrected chi connectivity index (χ3v) is 2.47. The van der Waals surface area contributed by atoms with Crippen LogP contribution in [0.3, 0.4) is 0 Å². The average Bonchev–Trinajstić information content (AvgIpc) is 2.36. The van der Waals surface area contributed by atoms with Crippen molar-refractivity contribution in [3.05, 3.63) is 36.4 Å². The molecule has 0 radical (unpaired) electrons. The summed E-state index contributed by atoms with van der Waals surface area (Å²) in [5.74, 6) is 0.187. The van der Waals surface area contributed by atoms with Crippen LogP contribution >= 0.6 is 0 Å². The summed E-state index contributed by atoms with van der Waals surface area (Å²) in [6.45, 7) is -0.102. The van der Waals surface area contributed by atoms with Crippen molar-refractivity contribution in [3.8, 4) is 5.75 Å². The second kappa shape index (κ2) is 4.74. The van der Waals surface area contributed by atoms with E-state index in [0.29, 0.717) is 11.4 Å². The molecule has 88 valence electrons. The molecule has 0 aliphatic rings. The number of methoxy groups -OCH3 is 1. The van der Waals surface area contributed by atoms with Gasteiger partial charge in [0.1, 0.15) is 5.75 Å². The molecule has 0 spiro atoms. The van der Waals surface area contributed by atoms with Crippen LogP contribution in [0.1, 0.15) is 0 Å². The van der Waals surface area contributed by atoms with Crippen LogP contribution in [0.5, 0.6) is 5.75 Å². The fraction of sp³-hybridized carbons (Fsp3) is 0.154. The highest BCUT2D eigenvalue weighted by atomic mass is 16.6. The number of rotatable bonds is 3. The summed E-state index contributed by atoms with van der Waals surface area (Å²) in [7, 11) is 1.32. The SMILES string of the molecule is COC(=O)COc1ccc2cccc(N)c2c1. The van der Waals surface area contributed by atoms with Gasteiger partial charge in [0.2, 0.25) is 0 Å². The van der Waals surface area contributed by atoms with Crippen LogP contribution < -0.4 is 10.5 Å². The zero-order chi connectivity index (χ0) is 12.3. The van der Waals surface area contributed by atoms with Crippen LogP contribution in [0.25, 0.3) is 10.8 Å². The highest BCUT2D eigenvalue weighted by Gasteiger charge is 2.03. The minimum Gasteiger partial charge on any atom is -0.482 e. The molecule has 0 aromatic heterocycles. The van der Waals surface area contributed by atoms with E-state index in [1.165, 1.54) is 7.11 Å². The van der Waals surface area contributed by atoms with Crippen molar-refractivity contribution < 1.29 is 14.3 Å². The summed E-state index contributed by atoms with van der Waals surface area (Å²) >= 11 is 0. The van der Waals surface area contributed by atoms with Gasteiger partial charge in [-0.3, -0.25) is 0 Å². The fourth-order valence-corrected chi connectivity index (χ4v) is 1.57. The molecule has 2 aromatic rings. The topological polar surface area (TPSA) is 61.5 Å². The van der Waals surface area contributed by atoms with Crippen LogP contribution in [-0.4, -0.2) is 19.7 Å². The second-order valence-electron chi connectivity index (χ2n) is 3.59. The Morgan fingerprint density at radius 2 is 2.12 bits per heavy atom. The Bertz CT molecular complexity index is 551. The van der Waals surface area contributed by atoms with Crippen molar-refractivity contribution in [2.45, 2.75) is 0 Å². The molecule has 17 heavy (non-hydrogen) atoms. The molecule has 4 heteroatoms. The summed E-state index contributed by atoms with van der Waals surface area (Å²) < 4.78 is 9.79. The molecular weight excluding hydrogens is 218 g/mol. The van der Waals surface area contributed by atoms with Crippen LogP contribution in [0, 0.1) is 0 Å². The average molecular weight is 231 g/mol. The minimum absolute atomic E-state index is 0.102. The van der Waals surface area contributed by atoms with E-state index in [0.717, 1.165) is 10.8 Å². The molecule has 0 heterocycles. The molecule has 2 aromatic carbocycles. The second-order valence-corrected chi connectivity index (χ2v) is 3.59. The van der Waals surface area contributed by atoms with Gasteiger partial charge in [0.25, 0.3) is 0 Å². The van der Waals surface area contributed by atoms with Gasteiger partial charge in [-0.1, -0.05) is 18.2 Å². The predicted octanol–water partition coefficient (Wildman–Crippen LogP) is 1.97. The van der Waals surface area contributed by atoms with E-state index < -0.39 is 5.97 Å². The van der Waals surface area contributed by atoms with Gasteiger partial charge in [0, 0.05) is 11.1 Å². The molecule has 0 aliphatic carbocycles. The van der Waals surface area contributed by atoms with Gasteiger partial charge in [-0.2, -0.15) is 0 Å². The lowest BCUT2D eigenvalue weighted by Crippen LogP contribution is -2.12. The smallest absolute Gasteiger partial charge is 0.343 e. The quantitative estimate of drug-likeness (QED) is 0.648. The molecule has 0 unspecified atom stereocenters. The number of carbonyl (C=O) groups is 1. The first kappa shape index (κ1) is 11.3. The molecule has 0 atom stereocenters. The van der Waals surface area contributed by atoms with Crippen LogP contribution in [0.15, 0.2) is 36.4 Å². The maximum atomic E-state index is 10.9. The number of benzene rings is 2. The molecule has 4 nitrogen and oxygen atoms in total. The Hall–Kier alpha value is -2.23. The van der Waals surface area contributed by atoms with Gasteiger partial charge < -0.3 is 15.2 Å². The number of nitrogen functional groups attached to an aromatic ring is 1. The van der Waals surface area contributed by atoms with Crippen molar-refractivity contribution >= 4 is 22.4 Å². The monoisotopic (exact) mass is 231 g/mol. The van der Waals surface area contributed by atoms with Crippen molar-refractivity contribution in [1.82, 2.24) is 0 Å². The molecule has 0 saturated carbocycles. The first-order valence-electron chi connectivity index (χ1n) is 5.18. The lowest BCUT2D eigenvalue weighted by Gasteiger charge is -2.07. The number of anilines is 1. The fourth-order valence-electron chi connectivity index (χ4n) is 1.57. The molecule has 2 N–H and O–H groups in total. The molecule has 2 rings (SSSR count). The number of ether oxygens (including phenoxy) is 2. The summed E-state index contributed by atoms with van der Waals surface area (Å²) in [6, 6.07) is 11.2. The lowest BCUT2D eigenvalue weighted by atomic mass is 10.1. The number of hydrogen-bond donors (Lipinski definition) is 1. The maximum absolute atomic E-state index is 10.9. The molecule has 0 aliphatic heterocycles. The van der Waals surface area contributed by atoms with Gasteiger partial charge in [0.15, 0.2) is 6.61 Å². The third-order valence-electron chi connectivity index (χ3n) is 2.47. The van der Waals surface area contributed by atoms with E-state index in [1.54, 1.807) is 6.07 Å². The van der Waals surface area contributed by atoms with Crippen molar-refractivity contribution in [1.29, 1.82) is 0 Å². The molecule has 0 fully saturated rings. The number of esters is 1. The Morgan fingerprint density at radius 1 is 1.29 bits per heavy atom. The van der Waals surface area contributed by atoms with Gasteiger partial charge in [-0.15, -0.1) is 0 Å². The number of nitrogens with two attached hydrogens (primary N) is 1. The largest absolute Gasteiger partial charge is 0.482 e. The van der Waals surface area contributed by atoms with E-state index >= 15 is 0 Å². The Labute approximate surface area is 98.9 Å². The highest BCUT2D eigenvalue weighted by Crippen LogP contribution is 2.25. The molecule has 0 bridgehead atoms. The Kier molecular flexibility index (Phi) is 3.14. The van der Waals surface area contributed by atoms with Gasteiger partial charge in [-0.25, -0.2) is 4.79 Å². The summed E-state index contributed by atoms with van der Waals surface area (Å²) in [4.78, 5) is 10.9. The molecule has 0 amide bonds. The maximum Gasteiger partial charge on any atom is 0.343 e. The first-order valence-corrected chi connectivity index (χ1v) is 5.18. The minimum atomic E-state index is -0.411. The van der Waals surface area contributed by atoms with Crippen molar-refractivity contribution in [3.63, 3.8) is 0 Å². The zero-order valence-corrected chi connectivity index (χ0v) is 9.47. The molecular formula is C13H13NO3. The normalized spacial score (nSPS) is 10.2. The van der Waals surface area contributed by atoms with Crippen molar-refractivity contribution in [2.75, 3.05) is 19.5 Å². The van der Waals surface area contributed by atoms with E-state index in [1.807, 2.05) is 30.3 Å². The van der Waals surface area contributed by atoms with E-state index in [-0.39, 0.29) is 6.61 Å². The molecule has 0 saturated heterocycles. The lowest BCUT2D eigenvalue weighted by molar-refractivity contribution is -0.142. The van der Waals surface area contributed by atoms with Crippen LogP contribution in [0.4, 0.5) is 5.69 Å². The van der Waals surface area contributed by atoms with E-state index in [4.69, 9.17) is 10.5 Å². The summed E-state index contributed by atoms with van der Waals surface area (Å²) in [5, 5.41) is 1.95.